The second-order valence-corrected chi connectivity index (χ2v) is 9.14. The minimum absolute atomic E-state index is 0.0300. The van der Waals surface area contributed by atoms with E-state index in [4.69, 9.17) is 19.2 Å². The number of hydrogen-bond acceptors (Lipinski definition) is 8. The summed E-state index contributed by atoms with van der Waals surface area (Å²) < 4.78 is 17.6. The summed E-state index contributed by atoms with van der Waals surface area (Å²) in [5, 5.41) is 16.6. The third-order valence-corrected chi connectivity index (χ3v) is 6.28. The van der Waals surface area contributed by atoms with Gasteiger partial charge in [0, 0.05) is 17.2 Å². The lowest BCUT2D eigenvalue weighted by Crippen LogP contribution is -2.21. The highest BCUT2D eigenvalue weighted by Gasteiger charge is 2.22. The van der Waals surface area contributed by atoms with Gasteiger partial charge >= 0.3 is 5.69 Å². The molecule has 0 unspecified atom stereocenters. The number of hydrogen-bond donors (Lipinski definition) is 0. The van der Waals surface area contributed by atoms with Crippen LogP contribution in [0.15, 0.2) is 58.4 Å². The molecule has 4 rings (SSSR count). The van der Waals surface area contributed by atoms with Crippen LogP contribution < -0.4 is 19.8 Å². The quantitative estimate of drug-likeness (QED) is 0.155. The Morgan fingerprint density at radius 1 is 1.10 bits per heavy atom. The molecule has 0 bridgehead atoms. The van der Waals surface area contributed by atoms with E-state index in [-0.39, 0.29) is 35.3 Å². The molecule has 0 saturated carbocycles. The smallest absolute Gasteiger partial charge is 0.315 e. The Bertz CT molecular complexity index is 1640. The topological polar surface area (TPSA) is 118 Å². The molecular weight excluding hydrogens is 500 g/mol. The second kappa shape index (κ2) is 11.3. The number of nitro groups is 1. The molecule has 4 aromatic rings. The van der Waals surface area contributed by atoms with Crippen LogP contribution >= 0.6 is 0 Å². The van der Waals surface area contributed by atoms with E-state index in [1.54, 1.807) is 38.3 Å². The molecule has 0 fully saturated rings. The highest BCUT2D eigenvalue weighted by atomic mass is 16.6. The molecule has 0 aliphatic heterocycles. The van der Waals surface area contributed by atoms with Crippen LogP contribution in [0.2, 0.25) is 0 Å². The lowest BCUT2D eigenvalue weighted by atomic mass is 9.96. The first-order valence-electron chi connectivity index (χ1n) is 12.4. The highest BCUT2D eigenvalue weighted by molar-refractivity contribution is 5.84. The SMILES string of the molecule is CCOc1c(OC)cc(C=Nn2c(-c3cc(C(C)C)c(OC)cc3C)nc3ccccc3c2=O)cc1[N+](=O)[O-]. The number of nitro benzene ring substituents is 1. The zero-order valence-corrected chi connectivity index (χ0v) is 22.7. The summed E-state index contributed by atoms with van der Waals surface area (Å²) >= 11 is 0. The number of benzene rings is 3. The zero-order valence-electron chi connectivity index (χ0n) is 22.7. The monoisotopic (exact) mass is 530 g/mol. The minimum Gasteiger partial charge on any atom is -0.496 e. The first-order chi connectivity index (χ1) is 18.7. The molecule has 10 nitrogen and oxygen atoms in total. The van der Waals surface area contributed by atoms with Gasteiger partial charge in [0.15, 0.2) is 11.6 Å². The van der Waals surface area contributed by atoms with E-state index in [0.717, 1.165) is 22.4 Å². The molecule has 0 saturated heterocycles. The molecule has 1 heterocycles. The summed E-state index contributed by atoms with van der Waals surface area (Å²) in [7, 11) is 3.02. The number of fused-ring (bicyclic) bond motifs is 1. The van der Waals surface area contributed by atoms with Crippen molar-refractivity contribution in [3.8, 4) is 28.6 Å². The van der Waals surface area contributed by atoms with Gasteiger partial charge in [-0.3, -0.25) is 14.9 Å². The summed E-state index contributed by atoms with van der Waals surface area (Å²) in [6, 6.07) is 13.8. The van der Waals surface area contributed by atoms with E-state index < -0.39 is 4.92 Å². The van der Waals surface area contributed by atoms with Gasteiger partial charge in [-0.25, -0.2) is 4.98 Å². The number of aromatic nitrogens is 2. The maximum Gasteiger partial charge on any atom is 0.315 e. The summed E-state index contributed by atoms with van der Waals surface area (Å²) in [4.78, 5) is 29.7. The lowest BCUT2D eigenvalue weighted by molar-refractivity contribution is -0.385. The average molecular weight is 531 g/mol. The maximum absolute atomic E-state index is 13.7. The van der Waals surface area contributed by atoms with Crippen molar-refractivity contribution >= 4 is 22.8 Å². The van der Waals surface area contributed by atoms with Gasteiger partial charge in [0.25, 0.3) is 5.56 Å². The van der Waals surface area contributed by atoms with E-state index in [0.29, 0.717) is 22.3 Å². The molecule has 0 atom stereocenters. The van der Waals surface area contributed by atoms with E-state index in [9.17, 15) is 14.9 Å². The summed E-state index contributed by atoms with van der Waals surface area (Å²) in [5.41, 5.74) is 2.76. The number of nitrogens with zero attached hydrogens (tertiary/aromatic N) is 4. The van der Waals surface area contributed by atoms with Crippen molar-refractivity contribution < 1.29 is 19.1 Å². The van der Waals surface area contributed by atoms with Gasteiger partial charge in [-0.15, -0.1) is 0 Å². The third-order valence-electron chi connectivity index (χ3n) is 6.28. The van der Waals surface area contributed by atoms with Crippen LogP contribution in [-0.2, 0) is 0 Å². The molecule has 10 heteroatoms. The molecule has 0 N–H and O–H groups in total. The van der Waals surface area contributed by atoms with Crippen LogP contribution in [0.3, 0.4) is 0 Å². The first kappa shape index (κ1) is 27.3. The van der Waals surface area contributed by atoms with Crippen molar-refractivity contribution in [2.75, 3.05) is 20.8 Å². The van der Waals surface area contributed by atoms with E-state index >= 15 is 0 Å². The number of methoxy groups -OCH3 is 2. The van der Waals surface area contributed by atoms with Gasteiger partial charge in [0.2, 0.25) is 5.75 Å². The fourth-order valence-electron chi connectivity index (χ4n) is 4.36. The van der Waals surface area contributed by atoms with Crippen LogP contribution in [0.5, 0.6) is 17.2 Å². The Morgan fingerprint density at radius 2 is 1.82 bits per heavy atom. The normalized spacial score (nSPS) is 11.4. The zero-order chi connectivity index (χ0) is 28.3. The van der Waals surface area contributed by atoms with Crippen molar-refractivity contribution in [2.24, 2.45) is 5.10 Å². The van der Waals surface area contributed by atoms with E-state index in [1.807, 2.05) is 25.1 Å². The second-order valence-electron chi connectivity index (χ2n) is 9.14. The third kappa shape index (κ3) is 5.31. The van der Waals surface area contributed by atoms with Crippen LogP contribution in [0.4, 0.5) is 5.69 Å². The Morgan fingerprint density at radius 3 is 2.46 bits per heavy atom. The standard InChI is InChI=1S/C29H30N4O6/c1-7-39-27-24(33(35)36)13-19(14-26(27)38-6)16-30-32-28(31-23-11-9-8-10-20(23)29(32)34)22-15-21(17(2)3)25(37-5)12-18(22)4/h8-17H,7H2,1-6H3. The van der Waals surface area contributed by atoms with Gasteiger partial charge in [-0.1, -0.05) is 26.0 Å². The summed E-state index contributed by atoms with van der Waals surface area (Å²) in [6.07, 6.45) is 1.37. The lowest BCUT2D eigenvalue weighted by Gasteiger charge is -2.17. The van der Waals surface area contributed by atoms with Crippen LogP contribution in [0.1, 0.15) is 43.4 Å². The molecule has 0 aliphatic rings. The molecule has 39 heavy (non-hydrogen) atoms. The van der Waals surface area contributed by atoms with Crippen LogP contribution in [-0.4, -0.2) is 41.6 Å². The first-order valence-corrected chi connectivity index (χ1v) is 12.4. The number of rotatable bonds is 9. The fourth-order valence-corrected chi connectivity index (χ4v) is 4.36. The largest absolute Gasteiger partial charge is 0.496 e. The molecule has 0 spiro atoms. The van der Waals surface area contributed by atoms with Gasteiger partial charge in [0.1, 0.15) is 5.75 Å². The van der Waals surface area contributed by atoms with Gasteiger partial charge < -0.3 is 14.2 Å². The van der Waals surface area contributed by atoms with Gasteiger partial charge in [0.05, 0.1) is 42.9 Å². The average Bonchev–Trinajstić information content (AvgIpc) is 2.92. The van der Waals surface area contributed by atoms with Gasteiger partial charge in [-0.2, -0.15) is 9.78 Å². The Labute approximate surface area is 225 Å². The predicted octanol–water partition coefficient (Wildman–Crippen LogP) is 5.70. The van der Waals surface area contributed by atoms with Crippen molar-refractivity contribution in [3.05, 3.63) is 85.7 Å². The molecule has 0 radical (unpaired) electrons. The van der Waals surface area contributed by atoms with E-state index in [1.165, 1.54) is 24.1 Å². The van der Waals surface area contributed by atoms with Crippen molar-refractivity contribution in [1.29, 1.82) is 0 Å². The van der Waals surface area contributed by atoms with Crippen molar-refractivity contribution in [2.45, 2.75) is 33.6 Å². The molecule has 1 aromatic heterocycles. The highest BCUT2D eigenvalue weighted by Crippen LogP contribution is 2.38. The Hall–Kier alpha value is -4.73. The molecule has 202 valence electrons. The molecule has 3 aromatic carbocycles. The molecule has 0 aliphatic carbocycles. The summed E-state index contributed by atoms with van der Waals surface area (Å²) in [6.45, 7) is 7.99. The van der Waals surface area contributed by atoms with Crippen molar-refractivity contribution in [3.63, 3.8) is 0 Å². The Kier molecular flexibility index (Phi) is 7.94. The summed E-state index contributed by atoms with van der Waals surface area (Å²) in [5.74, 6) is 1.45. The molecular formula is C29H30N4O6. The Balaban J connectivity index is 1.97. The number of aryl methyl sites for hydroxylation is 1. The number of para-hydroxylation sites is 1. The minimum atomic E-state index is -0.547. The fraction of sp³-hybridized carbons (Fsp3) is 0.276. The predicted molar refractivity (Wildman–Crippen MR) is 151 cm³/mol. The van der Waals surface area contributed by atoms with Crippen molar-refractivity contribution in [1.82, 2.24) is 9.66 Å². The van der Waals surface area contributed by atoms with Crippen LogP contribution in [0, 0.1) is 17.0 Å². The number of ether oxygens (including phenoxy) is 3. The van der Waals surface area contributed by atoms with Crippen LogP contribution in [0.25, 0.3) is 22.3 Å². The van der Waals surface area contributed by atoms with Gasteiger partial charge in [-0.05, 0) is 61.2 Å². The van der Waals surface area contributed by atoms with E-state index in [2.05, 4.69) is 18.9 Å². The maximum atomic E-state index is 13.7. The molecule has 0 amide bonds.